The number of aliphatic hydroxyl groups is 1. The second kappa shape index (κ2) is 11.1. The number of aryl methyl sites for hydroxylation is 1. The Balaban J connectivity index is 1.26. The van der Waals surface area contributed by atoms with E-state index < -0.39 is 5.60 Å². The number of piperidine rings is 1. The third-order valence-electron chi connectivity index (χ3n) is 8.25. The summed E-state index contributed by atoms with van der Waals surface area (Å²) in [6.45, 7) is 6.68. The average Bonchev–Trinajstić information content (AvgIpc) is 3.46. The highest BCUT2D eigenvalue weighted by Gasteiger charge is 2.22. The molecule has 1 fully saturated rings. The van der Waals surface area contributed by atoms with Crippen molar-refractivity contribution in [2.45, 2.75) is 38.7 Å². The molecule has 4 aromatic rings. The molecule has 0 amide bonds. The number of anilines is 1. The van der Waals surface area contributed by atoms with Crippen molar-refractivity contribution in [3.63, 3.8) is 0 Å². The van der Waals surface area contributed by atoms with Gasteiger partial charge in [0.2, 0.25) is 0 Å². The lowest BCUT2D eigenvalue weighted by molar-refractivity contribution is 0.0786. The van der Waals surface area contributed by atoms with E-state index in [1.54, 1.807) is 31.7 Å². The molecule has 212 valence electrons. The van der Waals surface area contributed by atoms with Crippen molar-refractivity contribution in [3.05, 3.63) is 101 Å². The van der Waals surface area contributed by atoms with Gasteiger partial charge < -0.3 is 29.6 Å². The quantitative estimate of drug-likeness (QED) is 0.255. The predicted molar refractivity (Wildman–Crippen MR) is 166 cm³/mol. The number of rotatable bonds is 7. The molecule has 0 bridgehead atoms. The largest absolute Gasteiger partial charge is 0.457 e. The normalized spacial score (nSPS) is 16.3. The van der Waals surface area contributed by atoms with Crippen molar-refractivity contribution in [1.82, 2.24) is 14.9 Å². The summed E-state index contributed by atoms with van der Waals surface area (Å²) in [6, 6.07) is 15.8. The standard InChI is InChI=1S/C34H38N4O3/c1-34(2,40)25-6-11-31(29(20-25)30-22-37(3)33(39)32-28(30)14-17-36-32)41-27-9-7-26(8-10-27)38-18-4-5-24(21-38)19-23-12-15-35-16-13-23/h4-11,14,17-18,20,22-23,35-36,40H,12-13,15-16,19,21H2,1-3H3. The molecule has 6 rings (SSSR count). The zero-order valence-corrected chi connectivity index (χ0v) is 24.0. The number of ether oxygens (including phenoxy) is 1. The molecule has 2 aliphatic heterocycles. The number of allylic oxidation sites excluding steroid dienone is 2. The molecule has 41 heavy (non-hydrogen) atoms. The van der Waals surface area contributed by atoms with Crippen LogP contribution in [0.25, 0.3) is 22.0 Å². The Morgan fingerprint density at radius 3 is 2.59 bits per heavy atom. The summed E-state index contributed by atoms with van der Waals surface area (Å²) in [5, 5.41) is 15.0. The van der Waals surface area contributed by atoms with Crippen LogP contribution in [0.5, 0.6) is 11.5 Å². The van der Waals surface area contributed by atoms with Crippen LogP contribution in [0, 0.1) is 5.92 Å². The summed E-state index contributed by atoms with van der Waals surface area (Å²) in [6.07, 6.45) is 13.8. The van der Waals surface area contributed by atoms with E-state index in [1.807, 2.05) is 42.6 Å². The lowest BCUT2D eigenvalue weighted by Gasteiger charge is -2.29. The maximum Gasteiger partial charge on any atom is 0.274 e. The lowest BCUT2D eigenvalue weighted by atomic mass is 9.90. The van der Waals surface area contributed by atoms with Gasteiger partial charge in [0, 0.05) is 54.4 Å². The van der Waals surface area contributed by atoms with Crippen LogP contribution in [0.1, 0.15) is 38.7 Å². The monoisotopic (exact) mass is 550 g/mol. The van der Waals surface area contributed by atoms with Crippen molar-refractivity contribution >= 4 is 16.6 Å². The van der Waals surface area contributed by atoms with Crippen LogP contribution < -0.4 is 20.5 Å². The van der Waals surface area contributed by atoms with Crippen LogP contribution in [-0.2, 0) is 12.6 Å². The van der Waals surface area contributed by atoms with Gasteiger partial charge in [-0.25, -0.2) is 0 Å². The molecule has 0 radical (unpaired) electrons. The Morgan fingerprint density at radius 1 is 1.05 bits per heavy atom. The highest BCUT2D eigenvalue weighted by atomic mass is 16.5. The molecular formula is C34H38N4O3. The van der Waals surface area contributed by atoms with Crippen molar-refractivity contribution < 1.29 is 9.84 Å². The van der Waals surface area contributed by atoms with Gasteiger partial charge in [-0.05, 0) is 106 Å². The molecule has 2 aromatic carbocycles. The Labute approximate surface area is 240 Å². The van der Waals surface area contributed by atoms with Crippen molar-refractivity contribution in [3.8, 4) is 22.6 Å². The first kappa shape index (κ1) is 27.1. The van der Waals surface area contributed by atoms with Gasteiger partial charge >= 0.3 is 0 Å². The highest BCUT2D eigenvalue weighted by molar-refractivity contribution is 5.96. The number of nitrogens with zero attached hydrogens (tertiary/aromatic N) is 2. The molecule has 0 spiro atoms. The number of benzene rings is 2. The Kier molecular flexibility index (Phi) is 7.32. The fraction of sp³-hybridized carbons (Fsp3) is 0.324. The number of fused-ring (bicyclic) bond motifs is 1. The number of pyridine rings is 1. The molecular weight excluding hydrogens is 512 g/mol. The highest BCUT2D eigenvalue weighted by Crippen LogP contribution is 2.39. The number of aromatic amines is 1. The Hall–Kier alpha value is -4.07. The molecule has 7 nitrogen and oxygen atoms in total. The minimum atomic E-state index is -1.03. The van der Waals surface area contributed by atoms with E-state index in [1.165, 1.54) is 18.4 Å². The van der Waals surface area contributed by atoms with E-state index in [9.17, 15) is 9.90 Å². The van der Waals surface area contributed by atoms with Gasteiger partial charge in [0.1, 0.15) is 17.0 Å². The molecule has 7 heteroatoms. The lowest BCUT2D eigenvalue weighted by Crippen LogP contribution is -2.29. The topological polar surface area (TPSA) is 82.5 Å². The van der Waals surface area contributed by atoms with Crippen LogP contribution in [-0.4, -0.2) is 34.3 Å². The molecule has 0 saturated carbocycles. The van der Waals surface area contributed by atoms with E-state index in [2.05, 4.69) is 45.7 Å². The van der Waals surface area contributed by atoms with Gasteiger partial charge in [0.05, 0.1) is 5.60 Å². The maximum atomic E-state index is 12.7. The zero-order chi connectivity index (χ0) is 28.6. The number of hydrogen-bond donors (Lipinski definition) is 3. The summed E-state index contributed by atoms with van der Waals surface area (Å²) in [5.74, 6) is 2.13. The first-order valence-electron chi connectivity index (χ1n) is 14.4. The third kappa shape index (κ3) is 5.73. The molecule has 0 aliphatic carbocycles. The van der Waals surface area contributed by atoms with E-state index in [4.69, 9.17) is 4.74 Å². The average molecular weight is 551 g/mol. The molecule has 1 saturated heterocycles. The van der Waals surface area contributed by atoms with Gasteiger partial charge in [0.15, 0.2) is 0 Å². The van der Waals surface area contributed by atoms with Crippen LogP contribution in [0.2, 0.25) is 0 Å². The van der Waals surface area contributed by atoms with Gasteiger partial charge in [-0.1, -0.05) is 17.7 Å². The van der Waals surface area contributed by atoms with Gasteiger partial charge in [0.25, 0.3) is 5.56 Å². The third-order valence-corrected chi connectivity index (χ3v) is 8.25. The predicted octanol–water partition coefficient (Wildman–Crippen LogP) is 6.20. The fourth-order valence-electron chi connectivity index (χ4n) is 5.90. The fourth-order valence-corrected chi connectivity index (χ4v) is 5.90. The summed E-state index contributed by atoms with van der Waals surface area (Å²) >= 11 is 0. The Morgan fingerprint density at radius 2 is 1.83 bits per heavy atom. The maximum absolute atomic E-state index is 12.7. The Bertz CT molecular complexity index is 1670. The number of hydrogen-bond acceptors (Lipinski definition) is 5. The minimum Gasteiger partial charge on any atom is -0.457 e. The van der Waals surface area contributed by atoms with E-state index in [-0.39, 0.29) is 5.56 Å². The smallest absolute Gasteiger partial charge is 0.274 e. The molecule has 2 aliphatic rings. The second-order valence-corrected chi connectivity index (χ2v) is 11.8. The van der Waals surface area contributed by atoms with Crippen LogP contribution >= 0.6 is 0 Å². The zero-order valence-electron chi connectivity index (χ0n) is 24.0. The van der Waals surface area contributed by atoms with Gasteiger partial charge in [-0.15, -0.1) is 0 Å². The van der Waals surface area contributed by atoms with Crippen LogP contribution in [0.15, 0.2) is 89.6 Å². The molecule has 4 heterocycles. The van der Waals surface area contributed by atoms with Gasteiger partial charge in [-0.2, -0.15) is 0 Å². The van der Waals surface area contributed by atoms with Crippen molar-refractivity contribution in [2.24, 2.45) is 13.0 Å². The van der Waals surface area contributed by atoms with E-state index >= 15 is 0 Å². The van der Waals surface area contributed by atoms with Crippen LogP contribution in [0.4, 0.5) is 5.69 Å². The number of aromatic nitrogens is 2. The SMILES string of the molecule is Cn1cc(-c2cc(C(C)(C)O)ccc2Oc2ccc(N3C=CC=C(CC4CCNCC4)C3)cc2)c2cc[nH]c2c1=O. The molecule has 2 aromatic heterocycles. The summed E-state index contributed by atoms with van der Waals surface area (Å²) in [4.78, 5) is 18.1. The minimum absolute atomic E-state index is 0.0917. The first-order valence-corrected chi connectivity index (χ1v) is 14.4. The summed E-state index contributed by atoms with van der Waals surface area (Å²) in [5.41, 5.74) is 4.43. The van der Waals surface area contributed by atoms with E-state index in [0.717, 1.165) is 59.7 Å². The number of nitrogens with one attached hydrogen (secondary N) is 2. The van der Waals surface area contributed by atoms with Gasteiger partial charge in [-0.3, -0.25) is 4.79 Å². The summed E-state index contributed by atoms with van der Waals surface area (Å²) in [7, 11) is 1.74. The van der Waals surface area contributed by atoms with Crippen molar-refractivity contribution in [2.75, 3.05) is 24.5 Å². The molecule has 0 atom stereocenters. The van der Waals surface area contributed by atoms with Crippen molar-refractivity contribution in [1.29, 1.82) is 0 Å². The first-order chi connectivity index (χ1) is 19.8. The summed E-state index contributed by atoms with van der Waals surface area (Å²) < 4.78 is 8.03. The second-order valence-electron chi connectivity index (χ2n) is 11.8. The molecule has 0 unspecified atom stereocenters. The van der Waals surface area contributed by atoms with E-state index in [0.29, 0.717) is 17.0 Å². The molecule has 3 N–H and O–H groups in total. The number of H-pyrrole nitrogens is 1. The van der Waals surface area contributed by atoms with Crippen LogP contribution in [0.3, 0.4) is 0 Å².